The normalized spacial score (nSPS) is 19.8. The number of nitrogens with one attached hydrogen (secondary N) is 1. The van der Waals surface area contributed by atoms with Crippen LogP contribution in [0.3, 0.4) is 0 Å². The lowest BCUT2D eigenvalue weighted by Gasteiger charge is -2.11. The van der Waals surface area contributed by atoms with E-state index in [9.17, 15) is 0 Å². The molecule has 2 aliphatic rings. The average Bonchev–Trinajstić information content (AvgIpc) is 3.17. The molecule has 104 valence electrons. The Kier molecular flexibility index (Phi) is 4.28. The molecular weight excluding hydrogens is 238 g/mol. The molecule has 1 aromatic heterocycles. The van der Waals surface area contributed by atoms with Crippen molar-refractivity contribution in [2.24, 2.45) is 0 Å². The molecule has 2 saturated carbocycles. The van der Waals surface area contributed by atoms with Crippen LogP contribution in [-0.2, 0) is 4.74 Å². The molecule has 1 N–H and O–H groups in total. The first-order chi connectivity index (χ1) is 9.42. The number of ether oxygens (including phenoxy) is 1. The van der Waals surface area contributed by atoms with Crippen molar-refractivity contribution in [1.29, 1.82) is 0 Å². The zero-order valence-corrected chi connectivity index (χ0v) is 11.5. The van der Waals surface area contributed by atoms with E-state index in [4.69, 9.17) is 4.74 Å². The van der Waals surface area contributed by atoms with Gasteiger partial charge in [0.25, 0.3) is 0 Å². The van der Waals surface area contributed by atoms with Crippen LogP contribution in [0.5, 0.6) is 0 Å². The SMILES string of the molecule is c1cc(NCCCOC2CCCC2)nc(C2CC2)n1. The molecule has 2 aliphatic carbocycles. The Labute approximate surface area is 115 Å². The predicted molar refractivity (Wildman–Crippen MR) is 75.3 cm³/mol. The molecule has 19 heavy (non-hydrogen) atoms. The highest BCUT2D eigenvalue weighted by Crippen LogP contribution is 2.37. The van der Waals surface area contributed by atoms with Gasteiger partial charge in [-0.2, -0.15) is 0 Å². The highest BCUT2D eigenvalue weighted by molar-refractivity contribution is 5.33. The Bertz CT molecular complexity index is 400. The van der Waals surface area contributed by atoms with Gasteiger partial charge in [0.15, 0.2) is 0 Å². The van der Waals surface area contributed by atoms with Gasteiger partial charge >= 0.3 is 0 Å². The molecule has 4 heteroatoms. The van der Waals surface area contributed by atoms with Gasteiger partial charge in [-0.25, -0.2) is 9.97 Å². The van der Waals surface area contributed by atoms with Crippen molar-refractivity contribution in [3.8, 4) is 0 Å². The molecule has 0 aliphatic heterocycles. The second-order valence-electron chi connectivity index (χ2n) is 5.63. The van der Waals surface area contributed by atoms with Crippen LogP contribution in [0, 0.1) is 0 Å². The Morgan fingerprint density at radius 3 is 2.84 bits per heavy atom. The van der Waals surface area contributed by atoms with Gasteiger partial charge in [0.2, 0.25) is 0 Å². The zero-order valence-electron chi connectivity index (χ0n) is 11.5. The number of aromatic nitrogens is 2. The van der Waals surface area contributed by atoms with Crippen molar-refractivity contribution in [3.05, 3.63) is 18.1 Å². The highest BCUT2D eigenvalue weighted by Gasteiger charge is 2.26. The Hall–Kier alpha value is -1.16. The molecule has 4 nitrogen and oxygen atoms in total. The van der Waals surface area contributed by atoms with Gasteiger partial charge in [-0.05, 0) is 38.2 Å². The van der Waals surface area contributed by atoms with Crippen molar-refractivity contribution in [1.82, 2.24) is 9.97 Å². The van der Waals surface area contributed by atoms with Gasteiger partial charge in [0.05, 0.1) is 6.10 Å². The second kappa shape index (κ2) is 6.33. The van der Waals surface area contributed by atoms with Crippen LogP contribution in [-0.4, -0.2) is 29.2 Å². The monoisotopic (exact) mass is 261 g/mol. The third-order valence-corrected chi connectivity index (χ3v) is 3.90. The fraction of sp³-hybridized carbons (Fsp3) is 0.733. The van der Waals surface area contributed by atoms with Gasteiger partial charge in [-0.15, -0.1) is 0 Å². The van der Waals surface area contributed by atoms with Crippen molar-refractivity contribution >= 4 is 5.82 Å². The van der Waals surface area contributed by atoms with Gasteiger partial charge in [-0.1, -0.05) is 12.8 Å². The summed E-state index contributed by atoms with van der Waals surface area (Å²) in [4.78, 5) is 8.87. The lowest BCUT2D eigenvalue weighted by Crippen LogP contribution is -2.12. The van der Waals surface area contributed by atoms with Gasteiger partial charge in [0.1, 0.15) is 11.6 Å². The number of rotatable bonds is 7. The summed E-state index contributed by atoms with van der Waals surface area (Å²) in [7, 11) is 0. The number of anilines is 1. The third-order valence-electron chi connectivity index (χ3n) is 3.90. The first-order valence-corrected chi connectivity index (χ1v) is 7.60. The fourth-order valence-electron chi connectivity index (χ4n) is 2.60. The minimum absolute atomic E-state index is 0.528. The minimum Gasteiger partial charge on any atom is -0.378 e. The molecule has 1 heterocycles. The van der Waals surface area contributed by atoms with E-state index in [-0.39, 0.29) is 0 Å². The molecule has 1 aromatic rings. The maximum Gasteiger partial charge on any atom is 0.133 e. The molecular formula is C15H23N3O. The number of hydrogen-bond donors (Lipinski definition) is 1. The van der Waals surface area contributed by atoms with E-state index in [0.717, 1.165) is 31.2 Å². The Morgan fingerprint density at radius 1 is 1.21 bits per heavy atom. The van der Waals surface area contributed by atoms with Crippen molar-refractivity contribution in [3.63, 3.8) is 0 Å². The molecule has 0 atom stereocenters. The van der Waals surface area contributed by atoms with E-state index in [1.807, 2.05) is 12.3 Å². The minimum atomic E-state index is 0.528. The molecule has 3 rings (SSSR count). The molecule has 0 spiro atoms. The summed E-state index contributed by atoms with van der Waals surface area (Å²) in [5.41, 5.74) is 0. The van der Waals surface area contributed by atoms with Crippen LogP contribution < -0.4 is 5.32 Å². The van der Waals surface area contributed by atoms with Crippen molar-refractivity contribution in [2.45, 2.75) is 57.0 Å². The Morgan fingerprint density at radius 2 is 2.05 bits per heavy atom. The summed E-state index contributed by atoms with van der Waals surface area (Å²) in [6, 6.07) is 1.95. The molecule has 0 unspecified atom stereocenters. The van der Waals surface area contributed by atoms with Gasteiger partial charge in [0, 0.05) is 25.3 Å². The van der Waals surface area contributed by atoms with Gasteiger partial charge < -0.3 is 10.1 Å². The van der Waals surface area contributed by atoms with Crippen LogP contribution in [0.1, 0.15) is 56.7 Å². The summed E-state index contributed by atoms with van der Waals surface area (Å²) in [6.45, 7) is 1.78. The van der Waals surface area contributed by atoms with E-state index in [0.29, 0.717) is 12.0 Å². The summed E-state index contributed by atoms with van der Waals surface area (Å²) < 4.78 is 5.84. The highest BCUT2D eigenvalue weighted by atomic mass is 16.5. The maximum absolute atomic E-state index is 5.84. The quantitative estimate of drug-likeness (QED) is 0.766. The maximum atomic E-state index is 5.84. The number of hydrogen-bond acceptors (Lipinski definition) is 4. The van der Waals surface area contributed by atoms with Crippen LogP contribution in [0.15, 0.2) is 12.3 Å². The molecule has 0 radical (unpaired) electrons. The first-order valence-electron chi connectivity index (χ1n) is 7.60. The van der Waals surface area contributed by atoms with E-state index in [1.54, 1.807) is 0 Å². The van der Waals surface area contributed by atoms with Crippen molar-refractivity contribution < 1.29 is 4.74 Å². The largest absolute Gasteiger partial charge is 0.378 e. The van der Waals surface area contributed by atoms with Crippen LogP contribution in [0.2, 0.25) is 0 Å². The predicted octanol–water partition coefficient (Wildman–Crippen LogP) is 3.12. The second-order valence-corrected chi connectivity index (χ2v) is 5.63. The van der Waals surface area contributed by atoms with Crippen LogP contribution in [0.4, 0.5) is 5.82 Å². The van der Waals surface area contributed by atoms with Crippen molar-refractivity contribution in [2.75, 3.05) is 18.5 Å². The topological polar surface area (TPSA) is 47.0 Å². The van der Waals surface area contributed by atoms with E-state index >= 15 is 0 Å². The van der Waals surface area contributed by atoms with E-state index < -0.39 is 0 Å². The molecule has 2 fully saturated rings. The lowest BCUT2D eigenvalue weighted by atomic mass is 10.3. The smallest absolute Gasteiger partial charge is 0.133 e. The molecule has 0 saturated heterocycles. The molecule has 0 amide bonds. The molecule has 0 bridgehead atoms. The van der Waals surface area contributed by atoms with Gasteiger partial charge in [-0.3, -0.25) is 0 Å². The first kappa shape index (κ1) is 12.9. The van der Waals surface area contributed by atoms with E-state index in [2.05, 4.69) is 15.3 Å². The summed E-state index contributed by atoms with van der Waals surface area (Å²) in [5.74, 6) is 2.58. The summed E-state index contributed by atoms with van der Waals surface area (Å²) in [6.07, 6.45) is 11.1. The van der Waals surface area contributed by atoms with Crippen LogP contribution >= 0.6 is 0 Å². The third kappa shape index (κ3) is 3.90. The number of nitrogens with zero attached hydrogens (tertiary/aromatic N) is 2. The fourth-order valence-corrected chi connectivity index (χ4v) is 2.60. The Balaban J connectivity index is 1.33. The summed E-state index contributed by atoms with van der Waals surface area (Å²) in [5, 5.41) is 3.36. The zero-order chi connectivity index (χ0) is 12.9. The lowest BCUT2D eigenvalue weighted by molar-refractivity contribution is 0.0583. The average molecular weight is 261 g/mol. The van der Waals surface area contributed by atoms with E-state index in [1.165, 1.54) is 38.5 Å². The molecule has 0 aromatic carbocycles. The van der Waals surface area contributed by atoms with Crippen LogP contribution in [0.25, 0.3) is 0 Å². The standard InChI is InChI=1S/C15H23N3O/c1-2-5-13(4-1)19-11-3-9-16-14-8-10-17-15(18-14)12-6-7-12/h8,10,12-13H,1-7,9,11H2,(H,16,17,18). The summed E-state index contributed by atoms with van der Waals surface area (Å²) >= 11 is 0.